The molecule has 1 aliphatic heterocycles. The Kier molecular flexibility index (Phi) is 5.57. The number of piperazine rings is 1. The smallest absolute Gasteiger partial charge is 0.408 e. The molecule has 0 radical (unpaired) electrons. The number of nitrogens with one attached hydrogen (secondary N) is 2. The lowest BCUT2D eigenvalue weighted by Gasteiger charge is -2.29. The molecular formula is C15H21N3O3. The van der Waals surface area contributed by atoms with Gasteiger partial charge in [0.05, 0.1) is 0 Å². The van der Waals surface area contributed by atoms with Crippen LogP contribution in [0.15, 0.2) is 30.3 Å². The number of amides is 2. The Labute approximate surface area is 124 Å². The Bertz CT molecular complexity index is 472. The van der Waals surface area contributed by atoms with E-state index in [1.165, 1.54) is 0 Å². The zero-order valence-corrected chi connectivity index (χ0v) is 12.2. The first-order chi connectivity index (χ1) is 10.2. The van der Waals surface area contributed by atoms with Crippen LogP contribution in [-0.2, 0) is 16.1 Å². The molecule has 2 N–H and O–H groups in total. The van der Waals surface area contributed by atoms with Crippen LogP contribution >= 0.6 is 0 Å². The molecule has 2 rings (SSSR count). The molecule has 1 saturated heterocycles. The largest absolute Gasteiger partial charge is 0.445 e. The van der Waals surface area contributed by atoms with Crippen molar-refractivity contribution in [2.75, 3.05) is 26.2 Å². The Balaban J connectivity index is 1.74. The Morgan fingerprint density at radius 1 is 1.29 bits per heavy atom. The second-order valence-corrected chi connectivity index (χ2v) is 5.00. The van der Waals surface area contributed by atoms with E-state index in [1.807, 2.05) is 30.3 Å². The molecule has 6 nitrogen and oxygen atoms in total. The maximum absolute atomic E-state index is 12.1. The average molecular weight is 291 g/mol. The highest BCUT2D eigenvalue weighted by atomic mass is 16.5. The summed E-state index contributed by atoms with van der Waals surface area (Å²) in [4.78, 5) is 25.6. The molecule has 0 saturated carbocycles. The first-order valence-electron chi connectivity index (χ1n) is 7.13. The fraction of sp³-hybridized carbons (Fsp3) is 0.467. The molecule has 1 heterocycles. The van der Waals surface area contributed by atoms with Gasteiger partial charge in [-0.15, -0.1) is 0 Å². The number of hydrogen-bond acceptors (Lipinski definition) is 4. The van der Waals surface area contributed by atoms with Crippen molar-refractivity contribution in [3.05, 3.63) is 35.9 Å². The Morgan fingerprint density at radius 2 is 1.95 bits per heavy atom. The van der Waals surface area contributed by atoms with Crippen molar-refractivity contribution in [2.45, 2.75) is 19.6 Å². The highest BCUT2D eigenvalue weighted by Crippen LogP contribution is 2.02. The molecule has 0 bridgehead atoms. The zero-order valence-electron chi connectivity index (χ0n) is 12.2. The zero-order chi connectivity index (χ0) is 15.1. The molecule has 1 atom stereocenters. The predicted octanol–water partition coefficient (Wildman–Crippen LogP) is 0.733. The lowest BCUT2D eigenvalue weighted by Crippen LogP contribution is -2.53. The van der Waals surface area contributed by atoms with Crippen LogP contribution < -0.4 is 10.6 Å². The number of alkyl carbamates (subject to hydrolysis) is 1. The van der Waals surface area contributed by atoms with Crippen molar-refractivity contribution in [3.63, 3.8) is 0 Å². The van der Waals surface area contributed by atoms with Gasteiger partial charge in [0.1, 0.15) is 12.6 Å². The van der Waals surface area contributed by atoms with E-state index in [2.05, 4.69) is 10.6 Å². The molecule has 1 aromatic rings. The molecular weight excluding hydrogens is 270 g/mol. The van der Waals surface area contributed by atoms with Crippen molar-refractivity contribution in [1.29, 1.82) is 0 Å². The van der Waals surface area contributed by atoms with Crippen LogP contribution in [0.2, 0.25) is 0 Å². The Hall–Kier alpha value is -2.08. The van der Waals surface area contributed by atoms with E-state index < -0.39 is 12.1 Å². The van der Waals surface area contributed by atoms with E-state index in [9.17, 15) is 9.59 Å². The molecule has 114 valence electrons. The summed E-state index contributed by atoms with van der Waals surface area (Å²) in [6.07, 6.45) is -0.574. The minimum atomic E-state index is -0.577. The van der Waals surface area contributed by atoms with Gasteiger partial charge >= 0.3 is 6.09 Å². The van der Waals surface area contributed by atoms with Gasteiger partial charge in [-0.2, -0.15) is 0 Å². The van der Waals surface area contributed by atoms with E-state index in [4.69, 9.17) is 4.74 Å². The molecule has 2 amide bonds. The summed E-state index contributed by atoms with van der Waals surface area (Å²) >= 11 is 0. The highest BCUT2D eigenvalue weighted by molar-refractivity contribution is 5.85. The molecule has 21 heavy (non-hydrogen) atoms. The predicted molar refractivity (Wildman–Crippen MR) is 78.7 cm³/mol. The summed E-state index contributed by atoms with van der Waals surface area (Å²) in [5.41, 5.74) is 0.911. The third kappa shape index (κ3) is 4.75. The number of ether oxygens (including phenoxy) is 1. The summed E-state index contributed by atoms with van der Waals surface area (Å²) in [5, 5.41) is 5.76. The van der Waals surface area contributed by atoms with Gasteiger partial charge in [-0.05, 0) is 12.5 Å². The maximum Gasteiger partial charge on any atom is 0.408 e. The van der Waals surface area contributed by atoms with Gasteiger partial charge in [-0.3, -0.25) is 4.79 Å². The minimum Gasteiger partial charge on any atom is -0.445 e. The van der Waals surface area contributed by atoms with Gasteiger partial charge in [0.25, 0.3) is 0 Å². The molecule has 1 aromatic carbocycles. The van der Waals surface area contributed by atoms with Crippen LogP contribution in [0.5, 0.6) is 0 Å². The van der Waals surface area contributed by atoms with Crippen LogP contribution in [0.1, 0.15) is 12.5 Å². The van der Waals surface area contributed by atoms with Gasteiger partial charge in [0.2, 0.25) is 5.91 Å². The summed E-state index contributed by atoms with van der Waals surface area (Å²) in [7, 11) is 0. The lowest BCUT2D eigenvalue weighted by molar-refractivity contribution is -0.133. The van der Waals surface area contributed by atoms with Crippen LogP contribution in [0.4, 0.5) is 4.79 Å². The summed E-state index contributed by atoms with van der Waals surface area (Å²) in [6.45, 7) is 4.79. The molecule has 1 aliphatic rings. The van der Waals surface area contributed by atoms with E-state index in [0.29, 0.717) is 13.1 Å². The quantitative estimate of drug-likeness (QED) is 0.858. The fourth-order valence-electron chi connectivity index (χ4n) is 2.16. The van der Waals surface area contributed by atoms with Crippen LogP contribution in [0, 0.1) is 0 Å². The summed E-state index contributed by atoms with van der Waals surface area (Å²) < 4.78 is 5.10. The highest BCUT2D eigenvalue weighted by Gasteiger charge is 2.23. The number of nitrogens with zero attached hydrogens (tertiary/aromatic N) is 1. The van der Waals surface area contributed by atoms with Crippen molar-refractivity contribution in [3.8, 4) is 0 Å². The number of carbonyl (C=O) groups excluding carboxylic acids is 2. The standard InChI is InChI=1S/C15H21N3O3/c1-12(14(19)18-9-7-16-8-10-18)17-15(20)21-11-13-5-3-2-4-6-13/h2-6,12,16H,7-11H2,1H3,(H,17,20). The topological polar surface area (TPSA) is 70.7 Å². The third-order valence-corrected chi connectivity index (χ3v) is 3.35. The van der Waals surface area contributed by atoms with Crippen LogP contribution in [-0.4, -0.2) is 49.1 Å². The maximum atomic E-state index is 12.1. The van der Waals surface area contributed by atoms with Crippen molar-refractivity contribution in [1.82, 2.24) is 15.5 Å². The van der Waals surface area contributed by atoms with Crippen LogP contribution in [0.3, 0.4) is 0 Å². The summed E-state index contributed by atoms with van der Waals surface area (Å²) in [6, 6.07) is 8.84. The number of rotatable bonds is 4. The van der Waals surface area contributed by atoms with Crippen molar-refractivity contribution < 1.29 is 14.3 Å². The monoisotopic (exact) mass is 291 g/mol. The first-order valence-corrected chi connectivity index (χ1v) is 7.13. The second-order valence-electron chi connectivity index (χ2n) is 5.00. The van der Waals surface area contributed by atoms with Crippen molar-refractivity contribution in [2.24, 2.45) is 0 Å². The normalized spacial score (nSPS) is 16.1. The molecule has 0 aromatic heterocycles. The van der Waals surface area contributed by atoms with E-state index in [-0.39, 0.29) is 12.5 Å². The van der Waals surface area contributed by atoms with Gasteiger partial charge in [-0.1, -0.05) is 30.3 Å². The number of hydrogen-bond donors (Lipinski definition) is 2. The van der Waals surface area contributed by atoms with Gasteiger partial charge in [0, 0.05) is 26.2 Å². The molecule has 1 unspecified atom stereocenters. The van der Waals surface area contributed by atoms with Gasteiger partial charge in [0.15, 0.2) is 0 Å². The average Bonchev–Trinajstić information content (AvgIpc) is 2.54. The fourth-order valence-corrected chi connectivity index (χ4v) is 2.16. The van der Waals surface area contributed by atoms with Crippen molar-refractivity contribution >= 4 is 12.0 Å². The SMILES string of the molecule is CC(NC(=O)OCc1ccccc1)C(=O)N1CCNCC1. The van der Waals surface area contributed by atoms with E-state index in [1.54, 1.807) is 11.8 Å². The van der Waals surface area contributed by atoms with Gasteiger partial charge in [-0.25, -0.2) is 4.79 Å². The molecule has 0 aliphatic carbocycles. The van der Waals surface area contributed by atoms with E-state index >= 15 is 0 Å². The minimum absolute atomic E-state index is 0.0758. The molecule has 0 spiro atoms. The lowest BCUT2D eigenvalue weighted by atomic mass is 10.2. The van der Waals surface area contributed by atoms with Gasteiger partial charge < -0.3 is 20.3 Å². The Morgan fingerprint density at radius 3 is 2.62 bits per heavy atom. The molecule has 6 heteroatoms. The first kappa shape index (κ1) is 15.3. The second kappa shape index (κ2) is 7.64. The number of carbonyl (C=O) groups is 2. The number of benzene rings is 1. The molecule has 1 fully saturated rings. The third-order valence-electron chi connectivity index (χ3n) is 3.35. The van der Waals surface area contributed by atoms with E-state index in [0.717, 1.165) is 18.7 Å². The summed E-state index contributed by atoms with van der Waals surface area (Å²) in [5.74, 6) is -0.0758. The van der Waals surface area contributed by atoms with Crippen LogP contribution in [0.25, 0.3) is 0 Å².